The molecule has 62 valence electrons. The van der Waals surface area contributed by atoms with E-state index < -0.39 is 0 Å². The minimum absolute atomic E-state index is 0.0936. The van der Waals surface area contributed by atoms with Gasteiger partial charge in [0.15, 0.2) is 0 Å². The molecule has 0 rings (SSSR count). The number of alkyl halides is 6. The standard InChI is InChI=1S/C4H4Br4Cl2/c5-1(3(7)9)2(6)4(8)10/h1-4H. The predicted octanol–water partition coefficient (Wildman–Crippen LogP) is 4.43. The van der Waals surface area contributed by atoms with Gasteiger partial charge in [-0.05, 0) is 0 Å². The molecule has 0 aliphatic carbocycles. The lowest BCUT2D eigenvalue weighted by Crippen LogP contribution is -2.25. The zero-order valence-electron chi connectivity index (χ0n) is 4.58. The average molecular weight is 443 g/mol. The molecule has 0 nitrogen and oxygen atoms in total. The van der Waals surface area contributed by atoms with E-state index in [9.17, 15) is 0 Å². The molecule has 0 aromatic heterocycles. The number of hydrogen-bond donors (Lipinski definition) is 0. The molecule has 0 saturated heterocycles. The Labute approximate surface area is 104 Å². The van der Waals surface area contributed by atoms with Crippen molar-refractivity contribution in [3.63, 3.8) is 0 Å². The van der Waals surface area contributed by atoms with Crippen molar-refractivity contribution in [1.29, 1.82) is 0 Å². The van der Waals surface area contributed by atoms with Crippen LogP contribution in [0, 0.1) is 0 Å². The summed E-state index contributed by atoms with van der Waals surface area (Å²) in [6, 6.07) is 0. The minimum Gasteiger partial charge on any atom is -0.109 e. The summed E-state index contributed by atoms with van der Waals surface area (Å²) in [4.78, 5) is 0.187. The fourth-order valence-electron chi connectivity index (χ4n) is 0.278. The molecule has 0 aromatic rings. The molecule has 10 heavy (non-hydrogen) atoms. The SMILES string of the molecule is ClC(Br)C(Br)C(Br)C(Cl)Br. The van der Waals surface area contributed by atoms with Gasteiger partial charge in [0.2, 0.25) is 0 Å². The highest BCUT2D eigenvalue weighted by Gasteiger charge is 2.26. The summed E-state index contributed by atoms with van der Waals surface area (Å²) >= 11 is 24.6. The zero-order chi connectivity index (χ0) is 8.31. The van der Waals surface area contributed by atoms with E-state index in [4.69, 9.17) is 23.2 Å². The summed E-state index contributed by atoms with van der Waals surface area (Å²) in [6.07, 6.45) is 0. The minimum atomic E-state index is -0.129. The van der Waals surface area contributed by atoms with Crippen LogP contribution in [0.5, 0.6) is 0 Å². The molecule has 6 heteroatoms. The summed E-state index contributed by atoms with van der Waals surface area (Å²) in [6.45, 7) is 0. The molecular weight excluding hydrogens is 439 g/mol. The summed E-state index contributed by atoms with van der Waals surface area (Å²) in [7, 11) is 0. The molecule has 0 fully saturated rings. The quantitative estimate of drug-likeness (QED) is 0.567. The van der Waals surface area contributed by atoms with Gasteiger partial charge >= 0.3 is 0 Å². The van der Waals surface area contributed by atoms with E-state index in [1.165, 1.54) is 0 Å². The van der Waals surface area contributed by atoms with Crippen molar-refractivity contribution in [2.75, 3.05) is 0 Å². The van der Waals surface area contributed by atoms with Crippen LogP contribution in [0.3, 0.4) is 0 Å². The van der Waals surface area contributed by atoms with E-state index in [1.807, 2.05) is 0 Å². The van der Waals surface area contributed by atoms with Crippen LogP contribution < -0.4 is 0 Å². The molecule has 0 radical (unpaired) electrons. The lowest BCUT2D eigenvalue weighted by atomic mass is 10.4. The summed E-state index contributed by atoms with van der Waals surface area (Å²) in [5.41, 5.74) is 0. The van der Waals surface area contributed by atoms with Crippen molar-refractivity contribution < 1.29 is 0 Å². The first-order valence-electron chi connectivity index (χ1n) is 2.31. The molecule has 0 amide bonds. The Morgan fingerprint density at radius 2 is 0.900 bits per heavy atom. The number of halogens is 6. The highest BCUT2D eigenvalue weighted by Crippen LogP contribution is 2.31. The van der Waals surface area contributed by atoms with Gasteiger partial charge in [0.25, 0.3) is 0 Å². The van der Waals surface area contributed by atoms with Crippen LogP contribution >= 0.6 is 86.9 Å². The molecule has 4 atom stereocenters. The van der Waals surface area contributed by atoms with Crippen LogP contribution in [0.25, 0.3) is 0 Å². The molecule has 0 aromatic carbocycles. The van der Waals surface area contributed by atoms with E-state index in [-0.39, 0.29) is 18.2 Å². The van der Waals surface area contributed by atoms with Crippen molar-refractivity contribution in [1.82, 2.24) is 0 Å². The zero-order valence-corrected chi connectivity index (χ0v) is 12.4. The van der Waals surface area contributed by atoms with Gasteiger partial charge in [-0.2, -0.15) is 0 Å². The van der Waals surface area contributed by atoms with Gasteiger partial charge in [0.05, 0.1) is 9.65 Å². The Morgan fingerprint density at radius 3 is 1.00 bits per heavy atom. The molecular formula is C4H4Br4Cl2. The lowest BCUT2D eigenvalue weighted by molar-refractivity contribution is 0.929. The second-order valence-electron chi connectivity index (χ2n) is 1.56. The van der Waals surface area contributed by atoms with Gasteiger partial charge in [0.1, 0.15) is 8.57 Å². The monoisotopic (exact) mass is 438 g/mol. The Balaban J connectivity index is 3.81. The maximum absolute atomic E-state index is 5.73. The van der Waals surface area contributed by atoms with Crippen molar-refractivity contribution >= 4 is 86.9 Å². The third-order valence-corrected chi connectivity index (χ3v) is 7.40. The van der Waals surface area contributed by atoms with Crippen molar-refractivity contribution in [2.24, 2.45) is 0 Å². The third-order valence-electron chi connectivity index (χ3n) is 0.786. The molecule has 0 heterocycles. The van der Waals surface area contributed by atoms with Crippen molar-refractivity contribution in [3.8, 4) is 0 Å². The Morgan fingerprint density at radius 1 is 0.700 bits per heavy atom. The molecule has 0 aliphatic rings. The molecule has 0 N–H and O–H groups in total. The first-order valence-corrected chi connectivity index (χ1v) is 6.84. The Bertz CT molecular complexity index is 85.3. The van der Waals surface area contributed by atoms with Crippen LogP contribution in [0.1, 0.15) is 0 Å². The van der Waals surface area contributed by atoms with E-state index in [0.29, 0.717) is 0 Å². The molecule has 0 spiro atoms. The van der Waals surface area contributed by atoms with Crippen LogP contribution in [0.15, 0.2) is 0 Å². The first kappa shape index (κ1) is 12.5. The highest BCUT2D eigenvalue weighted by molar-refractivity contribution is 9.14. The Kier molecular flexibility index (Phi) is 7.54. The maximum Gasteiger partial charge on any atom is 0.102 e. The topological polar surface area (TPSA) is 0 Å². The van der Waals surface area contributed by atoms with Gasteiger partial charge in [-0.25, -0.2) is 0 Å². The van der Waals surface area contributed by atoms with Crippen LogP contribution in [0.4, 0.5) is 0 Å². The third kappa shape index (κ3) is 4.51. The summed E-state index contributed by atoms with van der Waals surface area (Å²) < 4.78 is -0.258. The molecule has 0 saturated carbocycles. The fraction of sp³-hybridized carbons (Fsp3) is 1.00. The van der Waals surface area contributed by atoms with E-state index in [2.05, 4.69) is 63.7 Å². The second kappa shape index (κ2) is 6.03. The van der Waals surface area contributed by atoms with Gasteiger partial charge in [-0.1, -0.05) is 63.7 Å². The van der Waals surface area contributed by atoms with E-state index in [1.54, 1.807) is 0 Å². The fourth-order valence-corrected chi connectivity index (χ4v) is 3.03. The number of rotatable bonds is 3. The highest BCUT2D eigenvalue weighted by atomic mass is 79.9. The molecule has 4 unspecified atom stereocenters. The van der Waals surface area contributed by atoms with Gasteiger partial charge < -0.3 is 0 Å². The van der Waals surface area contributed by atoms with E-state index >= 15 is 0 Å². The Hall–Kier alpha value is 2.50. The van der Waals surface area contributed by atoms with Crippen LogP contribution in [-0.4, -0.2) is 18.2 Å². The molecule has 0 aliphatic heterocycles. The second-order valence-corrected chi connectivity index (χ2v) is 7.64. The van der Waals surface area contributed by atoms with E-state index in [0.717, 1.165) is 0 Å². The normalized spacial score (nSPS) is 23.4. The largest absolute Gasteiger partial charge is 0.109 e. The van der Waals surface area contributed by atoms with Crippen molar-refractivity contribution in [2.45, 2.75) is 18.2 Å². The van der Waals surface area contributed by atoms with Gasteiger partial charge in [-0.3, -0.25) is 0 Å². The number of hydrogen-bond acceptors (Lipinski definition) is 0. The first-order chi connectivity index (χ1) is 4.46. The lowest BCUT2D eigenvalue weighted by Gasteiger charge is -2.18. The van der Waals surface area contributed by atoms with Gasteiger partial charge in [0, 0.05) is 0 Å². The smallest absolute Gasteiger partial charge is 0.102 e. The van der Waals surface area contributed by atoms with Crippen molar-refractivity contribution in [3.05, 3.63) is 0 Å². The molecule has 0 bridgehead atoms. The summed E-state index contributed by atoms with van der Waals surface area (Å²) in [5.74, 6) is 0. The summed E-state index contributed by atoms with van der Waals surface area (Å²) in [5, 5.41) is 0. The van der Waals surface area contributed by atoms with Crippen LogP contribution in [-0.2, 0) is 0 Å². The van der Waals surface area contributed by atoms with Crippen LogP contribution in [0.2, 0.25) is 0 Å². The average Bonchev–Trinajstić information content (AvgIpc) is 1.84. The van der Waals surface area contributed by atoms with Gasteiger partial charge in [-0.15, -0.1) is 23.2 Å². The predicted molar refractivity (Wildman–Crippen MR) is 62.6 cm³/mol. The maximum atomic E-state index is 5.73.